The first-order valence-electron chi connectivity index (χ1n) is 6.92. The van der Waals surface area contributed by atoms with Crippen molar-refractivity contribution >= 4 is 5.69 Å². The number of nitrogens with two attached hydrogens (primary N) is 1. The van der Waals surface area contributed by atoms with Crippen molar-refractivity contribution in [1.29, 1.82) is 0 Å². The van der Waals surface area contributed by atoms with E-state index in [-0.39, 0.29) is 5.69 Å². The summed E-state index contributed by atoms with van der Waals surface area (Å²) in [6, 6.07) is 5.51. The first-order valence-corrected chi connectivity index (χ1v) is 6.92. The third-order valence-corrected chi connectivity index (χ3v) is 3.11. The number of benzene rings is 1. The highest BCUT2D eigenvalue weighted by Crippen LogP contribution is 2.22. The summed E-state index contributed by atoms with van der Waals surface area (Å²) in [6.45, 7) is 5.78. The van der Waals surface area contributed by atoms with Gasteiger partial charge in [-0.3, -0.25) is 9.13 Å². The molecule has 5 nitrogen and oxygen atoms in total. The van der Waals surface area contributed by atoms with Crippen LogP contribution in [0.5, 0.6) is 5.75 Å². The van der Waals surface area contributed by atoms with Gasteiger partial charge >= 0.3 is 5.69 Å². The van der Waals surface area contributed by atoms with E-state index in [2.05, 4.69) is 6.92 Å². The lowest BCUT2D eigenvalue weighted by atomic mass is 10.1. The zero-order valence-corrected chi connectivity index (χ0v) is 12.0. The van der Waals surface area contributed by atoms with Gasteiger partial charge in [-0.2, -0.15) is 0 Å². The van der Waals surface area contributed by atoms with Crippen LogP contribution in [0.3, 0.4) is 0 Å². The van der Waals surface area contributed by atoms with Crippen LogP contribution in [-0.4, -0.2) is 15.7 Å². The highest BCUT2D eigenvalue weighted by atomic mass is 16.5. The maximum atomic E-state index is 12.2. The van der Waals surface area contributed by atoms with Gasteiger partial charge in [0.05, 0.1) is 13.2 Å². The third-order valence-electron chi connectivity index (χ3n) is 3.11. The lowest BCUT2D eigenvalue weighted by molar-refractivity contribution is 0.335. The minimum absolute atomic E-state index is 0.00303. The van der Waals surface area contributed by atoms with E-state index in [9.17, 15) is 4.79 Å². The molecule has 0 aliphatic carbocycles. The third kappa shape index (κ3) is 3.04. The maximum absolute atomic E-state index is 12.2. The van der Waals surface area contributed by atoms with Gasteiger partial charge in [0.2, 0.25) is 0 Å². The van der Waals surface area contributed by atoms with Gasteiger partial charge in [0.25, 0.3) is 0 Å². The van der Waals surface area contributed by atoms with Crippen molar-refractivity contribution in [2.75, 3.05) is 12.3 Å². The fourth-order valence-electron chi connectivity index (χ4n) is 2.19. The van der Waals surface area contributed by atoms with E-state index in [1.54, 1.807) is 21.4 Å². The summed E-state index contributed by atoms with van der Waals surface area (Å²) >= 11 is 0. The minimum Gasteiger partial charge on any atom is -0.494 e. The van der Waals surface area contributed by atoms with Crippen molar-refractivity contribution in [1.82, 2.24) is 9.13 Å². The lowest BCUT2D eigenvalue weighted by Crippen LogP contribution is -2.24. The molecule has 0 spiro atoms. The van der Waals surface area contributed by atoms with E-state index in [1.165, 1.54) is 0 Å². The average molecular weight is 275 g/mol. The van der Waals surface area contributed by atoms with E-state index in [4.69, 9.17) is 10.5 Å². The van der Waals surface area contributed by atoms with Crippen LogP contribution >= 0.6 is 0 Å². The van der Waals surface area contributed by atoms with Gasteiger partial charge in [-0.15, -0.1) is 0 Å². The van der Waals surface area contributed by atoms with Gasteiger partial charge < -0.3 is 10.5 Å². The number of hydrogen-bond donors (Lipinski definition) is 1. The molecule has 2 rings (SSSR count). The molecule has 0 bridgehead atoms. The van der Waals surface area contributed by atoms with Crippen molar-refractivity contribution in [3.8, 4) is 5.75 Å². The smallest absolute Gasteiger partial charge is 0.328 e. The van der Waals surface area contributed by atoms with Crippen LogP contribution in [-0.2, 0) is 13.1 Å². The number of rotatable bonds is 6. The summed E-state index contributed by atoms with van der Waals surface area (Å²) in [4.78, 5) is 12.2. The molecule has 1 aromatic carbocycles. The van der Waals surface area contributed by atoms with Crippen molar-refractivity contribution < 1.29 is 4.74 Å². The molecular formula is C15H21N3O2. The highest BCUT2D eigenvalue weighted by Gasteiger charge is 2.08. The standard InChI is InChI=1S/C15H21N3O2/c1-3-7-17-8-9-18(15(17)19)11-12-10-13(16)5-6-14(12)20-4-2/h5-6,8-10H,3-4,7,11,16H2,1-2H3. The second kappa shape index (κ2) is 6.32. The van der Waals surface area contributed by atoms with Crippen LogP contribution in [0, 0.1) is 0 Å². The minimum atomic E-state index is -0.00303. The molecule has 1 aromatic heterocycles. The second-order valence-corrected chi connectivity index (χ2v) is 4.70. The summed E-state index contributed by atoms with van der Waals surface area (Å²) in [5.74, 6) is 0.775. The number of anilines is 1. The molecule has 20 heavy (non-hydrogen) atoms. The first-order chi connectivity index (χ1) is 9.65. The summed E-state index contributed by atoms with van der Waals surface area (Å²) in [5, 5.41) is 0. The predicted molar refractivity (Wildman–Crippen MR) is 80.1 cm³/mol. The Morgan fingerprint density at radius 2 is 1.95 bits per heavy atom. The largest absolute Gasteiger partial charge is 0.494 e. The van der Waals surface area contributed by atoms with E-state index < -0.39 is 0 Å². The van der Waals surface area contributed by atoms with Gasteiger partial charge in [0, 0.05) is 30.2 Å². The molecule has 108 valence electrons. The molecule has 0 amide bonds. The Kier molecular flexibility index (Phi) is 4.50. The molecular weight excluding hydrogens is 254 g/mol. The molecule has 0 saturated heterocycles. The Balaban J connectivity index is 2.29. The van der Waals surface area contributed by atoms with E-state index in [0.29, 0.717) is 18.8 Å². The van der Waals surface area contributed by atoms with E-state index in [1.807, 2.05) is 25.3 Å². The van der Waals surface area contributed by atoms with Crippen LogP contribution < -0.4 is 16.2 Å². The lowest BCUT2D eigenvalue weighted by Gasteiger charge is -2.11. The summed E-state index contributed by atoms with van der Waals surface area (Å²) in [6.07, 6.45) is 4.56. The number of ether oxygens (including phenoxy) is 1. The quantitative estimate of drug-likeness (QED) is 0.821. The normalized spacial score (nSPS) is 10.7. The molecule has 1 heterocycles. The molecule has 5 heteroatoms. The Bertz CT molecular complexity index is 628. The average Bonchev–Trinajstić information content (AvgIpc) is 2.75. The number of nitrogen functional groups attached to an aromatic ring is 1. The zero-order chi connectivity index (χ0) is 14.5. The number of nitrogens with zero attached hydrogens (tertiary/aromatic N) is 2. The van der Waals surface area contributed by atoms with Crippen molar-refractivity contribution in [2.24, 2.45) is 0 Å². The van der Waals surface area contributed by atoms with Crippen molar-refractivity contribution in [3.05, 3.63) is 46.6 Å². The molecule has 0 fully saturated rings. The van der Waals surface area contributed by atoms with Crippen LogP contribution in [0.1, 0.15) is 25.8 Å². The van der Waals surface area contributed by atoms with E-state index in [0.717, 1.165) is 24.3 Å². The van der Waals surface area contributed by atoms with E-state index >= 15 is 0 Å². The molecule has 0 unspecified atom stereocenters. The first kappa shape index (κ1) is 14.2. The molecule has 2 N–H and O–H groups in total. The Labute approximate surface area is 118 Å². The fraction of sp³-hybridized carbons (Fsp3) is 0.400. The van der Waals surface area contributed by atoms with Crippen LogP contribution in [0.25, 0.3) is 0 Å². The molecule has 0 aliphatic rings. The topological polar surface area (TPSA) is 62.2 Å². The molecule has 2 aromatic rings. The van der Waals surface area contributed by atoms with Gasteiger partial charge in [0.15, 0.2) is 0 Å². The van der Waals surface area contributed by atoms with Gasteiger partial charge in [-0.1, -0.05) is 6.92 Å². The predicted octanol–water partition coefficient (Wildman–Crippen LogP) is 2.09. The van der Waals surface area contributed by atoms with Crippen molar-refractivity contribution in [2.45, 2.75) is 33.4 Å². The molecule has 0 aliphatic heterocycles. The SMILES string of the molecule is CCCn1ccn(Cc2cc(N)ccc2OCC)c1=O. The van der Waals surface area contributed by atoms with Gasteiger partial charge in [0.1, 0.15) is 5.75 Å². The number of hydrogen-bond acceptors (Lipinski definition) is 3. The molecule has 0 saturated carbocycles. The second-order valence-electron chi connectivity index (χ2n) is 4.70. The maximum Gasteiger partial charge on any atom is 0.328 e. The monoisotopic (exact) mass is 275 g/mol. The molecule has 0 atom stereocenters. The Morgan fingerprint density at radius 1 is 1.20 bits per heavy atom. The number of aromatic nitrogens is 2. The number of aryl methyl sites for hydroxylation is 1. The van der Waals surface area contributed by atoms with Crippen LogP contribution in [0.4, 0.5) is 5.69 Å². The highest BCUT2D eigenvalue weighted by molar-refractivity contribution is 5.48. The Hall–Kier alpha value is -2.17. The van der Waals surface area contributed by atoms with Gasteiger partial charge in [-0.05, 0) is 31.5 Å². The van der Waals surface area contributed by atoms with Crippen molar-refractivity contribution in [3.63, 3.8) is 0 Å². The summed E-state index contributed by atoms with van der Waals surface area (Å²) in [7, 11) is 0. The van der Waals surface area contributed by atoms with Crippen LogP contribution in [0.2, 0.25) is 0 Å². The fourth-order valence-corrected chi connectivity index (χ4v) is 2.19. The zero-order valence-electron chi connectivity index (χ0n) is 12.0. The van der Waals surface area contributed by atoms with Crippen LogP contribution in [0.15, 0.2) is 35.4 Å². The van der Waals surface area contributed by atoms with Gasteiger partial charge in [-0.25, -0.2) is 4.79 Å². The Morgan fingerprint density at radius 3 is 2.65 bits per heavy atom. The summed E-state index contributed by atoms with van der Waals surface area (Å²) in [5.41, 5.74) is 7.41. The summed E-state index contributed by atoms with van der Waals surface area (Å²) < 4.78 is 8.97. The molecule has 0 radical (unpaired) electrons. The number of imidazole rings is 1.